The van der Waals surface area contributed by atoms with Crippen LogP contribution in [0.25, 0.3) is 18.2 Å². The van der Waals surface area contributed by atoms with E-state index in [1.165, 1.54) is 16.7 Å². The van der Waals surface area contributed by atoms with Crippen LogP contribution in [-0.4, -0.2) is 43.6 Å². The van der Waals surface area contributed by atoms with Crippen molar-refractivity contribution < 1.29 is 15.0 Å². The van der Waals surface area contributed by atoms with Crippen LogP contribution >= 0.6 is 0 Å². The van der Waals surface area contributed by atoms with Gasteiger partial charge in [0.25, 0.3) is 0 Å². The Balaban J connectivity index is 0.000000283. The normalized spacial score (nSPS) is 11.1. The van der Waals surface area contributed by atoms with Crippen LogP contribution in [0, 0.1) is 13.8 Å². The predicted octanol–water partition coefficient (Wildman–Crippen LogP) is 6.85. The first-order valence-electron chi connectivity index (χ1n) is 12.1. The molecular weight excluding hydrogens is 497 g/mol. The van der Waals surface area contributed by atoms with Gasteiger partial charge in [0.1, 0.15) is 0 Å². The summed E-state index contributed by atoms with van der Waals surface area (Å²) in [6.07, 6.45) is 15.4. The van der Waals surface area contributed by atoms with E-state index in [1.54, 1.807) is 11.2 Å². The van der Waals surface area contributed by atoms with E-state index in [0.29, 0.717) is 6.54 Å². The number of rotatable bonds is 11. The number of nitrogens with one attached hydrogen (secondary N) is 1. The zero-order chi connectivity index (χ0) is 26.7. The average Bonchev–Trinajstić information content (AvgIpc) is 2.96. The Kier molecular flexibility index (Phi) is 20.7. The minimum atomic E-state index is 0.596. The molecule has 3 nitrogen and oxygen atoms in total. The summed E-state index contributed by atoms with van der Waals surface area (Å²) in [7, 11) is 0. The molecule has 0 aliphatic rings. The second kappa shape index (κ2) is 24.2. The van der Waals surface area contributed by atoms with Gasteiger partial charge in [0, 0.05) is 19.0 Å². The SMILES string of the molecule is [CH2-]CN=C/C=C/c1ccccc1.[CH2-]CNCCN=C/C=C/c1ccccc1.[Ni]=[CH]/C=C/c1ccccc1. The fourth-order valence-electron chi connectivity index (χ4n) is 2.68. The van der Waals surface area contributed by atoms with Gasteiger partial charge in [-0.15, -0.1) is 6.54 Å². The topological polar surface area (TPSA) is 36.8 Å². The minimum absolute atomic E-state index is 0.596. The molecule has 3 aromatic rings. The molecular formula is C33H37N3Ni-2. The van der Waals surface area contributed by atoms with E-state index >= 15 is 0 Å². The van der Waals surface area contributed by atoms with Crippen LogP contribution in [0.3, 0.4) is 0 Å². The van der Waals surface area contributed by atoms with Crippen molar-refractivity contribution >= 4 is 35.7 Å². The standard InChI is InChI=1S/C13H17N2.C11H12N.C9H8.Ni/c1-2-14-11-12-15-10-6-9-13-7-4-3-5-8-13;1-2-12-10-6-9-11-7-4-3-5-8-11;1-2-6-9-7-4-3-5-8-9;/h3-10,14H,1-2,11-12H2;3-10H,1-2H2;1-8H;/q2*-1;;/b9-6+,15-10?;9-6+,12-10?;6-2+;. The third-order valence-electron chi connectivity index (χ3n) is 4.43. The number of hydrogen-bond donors (Lipinski definition) is 1. The Hall–Kier alpha value is -3.46. The Labute approximate surface area is 231 Å². The molecule has 0 radical (unpaired) electrons. The van der Waals surface area contributed by atoms with E-state index in [2.05, 4.69) is 68.4 Å². The number of hydrogen-bond acceptors (Lipinski definition) is 3. The molecule has 0 saturated carbocycles. The van der Waals surface area contributed by atoms with Crippen LogP contribution in [0.15, 0.2) is 119 Å². The van der Waals surface area contributed by atoms with Crippen LogP contribution in [-0.2, 0) is 15.0 Å². The summed E-state index contributed by atoms with van der Waals surface area (Å²) in [4.78, 5) is 9.83. The van der Waals surface area contributed by atoms with Gasteiger partial charge in [0.2, 0.25) is 0 Å². The molecule has 1 N–H and O–H groups in total. The number of benzene rings is 3. The zero-order valence-corrected chi connectivity index (χ0v) is 22.3. The molecule has 0 bridgehead atoms. The van der Waals surface area contributed by atoms with Crippen LogP contribution in [0.5, 0.6) is 0 Å². The third-order valence-corrected chi connectivity index (χ3v) is 4.62. The van der Waals surface area contributed by atoms with E-state index in [4.69, 9.17) is 0 Å². The number of nitrogens with zero attached hydrogens (tertiary/aromatic N) is 2. The van der Waals surface area contributed by atoms with Crippen molar-refractivity contribution in [1.82, 2.24) is 5.32 Å². The maximum atomic E-state index is 4.38. The number of allylic oxidation sites excluding steroid dienone is 3. The third kappa shape index (κ3) is 19.4. The Morgan fingerprint density at radius 1 is 0.622 bits per heavy atom. The van der Waals surface area contributed by atoms with Gasteiger partial charge in [-0.3, -0.25) is 4.99 Å². The Bertz CT molecular complexity index is 1070. The Morgan fingerprint density at radius 2 is 1.05 bits per heavy atom. The molecule has 0 aliphatic carbocycles. The van der Waals surface area contributed by atoms with Gasteiger partial charge in [-0.05, 0) is 23.3 Å². The molecule has 0 aromatic heterocycles. The molecule has 4 heteroatoms. The van der Waals surface area contributed by atoms with Crippen LogP contribution < -0.4 is 5.32 Å². The fourth-order valence-corrected chi connectivity index (χ4v) is 2.78. The van der Waals surface area contributed by atoms with Gasteiger partial charge in [0.15, 0.2) is 0 Å². The van der Waals surface area contributed by atoms with Crippen molar-refractivity contribution in [2.24, 2.45) is 9.98 Å². The van der Waals surface area contributed by atoms with Gasteiger partial charge >= 0.3 is 68.1 Å². The van der Waals surface area contributed by atoms with Gasteiger partial charge in [-0.1, -0.05) is 79.4 Å². The molecule has 196 valence electrons. The van der Waals surface area contributed by atoms with Crippen molar-refractivity contribution in [2.75, 3.05) is 26.2 Å². The van der Waals surface area contributed by atoms with Crippen LogP contribution in [0.4, 0.5) is 0 Å². The summed E-state index contributed by atoms with van der Waals surface area (Å²) in [5.74, 6) is 0. The van der Waals surface area contributed by atoms with Crippen molar-refractivity contribution in [1.29, 1.82) is 0 Å². The van der Waals surface area contributed by atoms with E-state index in [-0.39, 0.29) is 0 Å². The zero-order valence-electron chi connectivity index (χ0n) is 21.3. The van der Waals surface area contributed by atoms with Gasteiger partial charge in [0.05, 0.1) is 6.54 Å². The van der Waals surface area contributed by atoms with Crippen molar-refractivity contribution in [3.63, 3.8) is 0 Å². The summed E-state index contributed by atoms with van der Waals surface area (Å²) >= 11 is 4.38. The Morgan fingerprint density at radius 3 is 1.46 bits per heavy atom. The van der Waals surface area contributed by atoms with Gasteiger partial charge in [-0.25, -0.2) is 0 Å². The molecule has 0 fully saturated rings. The van der Waals surface area contributed by atoms with Crippen LogP contribution in [0.2, 0.25) is 0 Å². The van der Waals surface area contributed by atoms with Crippen LogP contribution in [0.1, 0.15) is 16.7 Å². The molecule has 3 aromatic carbocycles. The second-order valence-corrected chi connectivity index (χ2v) is 7.60. The maximum absolute atomic E-state index is 4.38. The predicted molar refractivity (Wildman–Crippen MR) is 163 cm³/mol. The first-order valence-corrected chi connectivity index (χ1v) is 12.7. The summed E-state index contributed by atoms with van der Waals surface area (Å²) in [5, 5.41) is 3.11. The summed E-state index contributed by atoms with van der Waals surface area (Å²) in [6.45, 7) is 10.3. The van der Waals surface area contributed by atoms with Crippen molar-refractivity contribution in [2.45, 2.75) is 0 Å². The average molecular weight is 534 g/mol. The molecule has 3 rings (SSSR count). The summed E-state index contributed by atoms with van der Waals surface area (Å²) in [6, 6.07) is 30.4. The van der Waals surface area contributed by atoms with E-state index in [1.807, 2.05) is 109 Å². The first kappa shape index (κ1) is 31.6. The molecule has 37 heavy (non-hydrogen) atoms. The molecule has 0 amide bonds. The number of aliphatic imine (C=N–C) groups is 2. The molecule has 0 heterocycles. The second-order valence-electron chi connectivity index (χ2n) is 7.28. The van der Waals surface area contributed by atoms with E-state index in [0.717, 1.165) is 19.6 Å². The molecule has 0 spiro atoms. The van der Waals surface area contributed by atoms with Gasteiger partial charge < -0.3 is 24.2 Å². The van der Waals surface area contributed by atoms with Gasteiger partial charge in [-0.2, -0.15) is 0 Å². The van der Waals surface area contributed by atoms with E-state index < -0.39 is 0 Å². The summed E-state index contributed by atoms with van der Waals surface area (Å²) < 4.78 is 0. The fraction of sp³-hybridized carbons (Fsp3) is 0.121. The van der Waals surface area contributed by atoms with Crippen molar-refractivity contribution in [3.8, 4) is 0 Å². The first-order chi connectivity index (χ1) is 18.3. The molecule has 0 aliphatic heterocycles. The molecule has 0 unspecified atom stereocenters. The quantitative estimate of drug-likeness (QED) is 0.124. The van der Waals surface area contributed by atoms with E-state index in [9.17, 15) is 0 Å². The summed E-state index contributed by atoms with van der Waals surface area (Å²) in [5.41, 5.74) is 3.57. The molecule has 0 atom stereocenters. The monoisotopic (exact) mass is 533 g/mol. The molecule has 0 saturated heterocycles. The van der Waals surface area contributed by atoms with Crippen molar-refractivity contribution in [3.05, 3.63) is 140 Å².